The van der Waals surface area contributed by atoms with Gasteiger partial charge < -0.3 is 15.7 Å². The molecule has 1 atom stereocenters. The largest absolute Gasteiger partial charge is 0.416 e. The molecule has 7 heteroatoms. The monoisotopic (exact) mass is 304 g/mol. The third-order valence-corrected chi connectivity index (χ3v) is 3.03. The Morgan fingerprint density at radius 3 is 2.24 bits per heavy atom. The highest BCUT2D eigenvalue weighted by Gasteiger charge is 2.30. The van der Waals surface area contributed by atoms with Crippen molar-refractivity contribution in [1.29, 1.82) is 0 Å². The van der Waals surface area contributed by atoms with Crippen molar-refractivity contribution in [1.82, 2.24) is 5.32 Å². The first-order valence-corrected chi connectivity index (χ1v) is 6.59. The summed E-state index contributed by atoms with van der Waals surface area (Å²) in [6, 6.07) is 3.48. The predicted octanol–water partition coefficient (Wildman–Crippen LogP) is 3.23. The summed E-state index contributed by atoms with van der Waals surface area (Å²) in [5.74, 6) is 0.135. The van der Waals surface area contributed by atoms with Gasteiger partial charge >= 0.3 is 12.2 Å². The fourth-order valence-corrected chi connectivity index (χ4v) is 1.79. The van der Waals surface area contributed by atoms with Crippen molar-refractivity contribution in [3.8, 4) is 0 Å². The second-order valence-corrected chi connectivity index (χ2v) is 5.04. The molecule has 0 aromatic heterocycles. The van der Waals surface area contributed by atoms with Gasteiger partial charge in [0.2, 0.25) is 0 Å². The van der Waals surface area contributed by atoms with Gasteiger partial charge in [-0.05, 0) is 36.6 Å². The third-order valence-electron chi connectivity index (χ3n) is 3.03. The van der Waals surface area contributed by atoms with E-state index >= 15 is 0 Å². The minimum absolute atomic E-state index is 0.0522. The van der Waals surface area contributed by atoms with Gasteiger partial charge in [-0.3, -0.25) is 0 Å². The van der Waals surface area contributed by atoms with Gasteiger partial charge in [0.25, 0.3) is 0 Å². The van der Waals surface area contributed by atoms with Crippen LogP contribution in [-0.2, 0) is 6.18 Å². The zero-order chi connectivity index (χ0) is 16.0. The number of anilines is 1. The zero-order valence-electron chi connectivity index (χ0n) is 11.9. The van der Waals surface area contributed by atoms with E-state index in [1.165, 1.54) is 12.1 Å². The van der Waals surface area contributed by atoms with Crippen molar-refractivity contribution in [2.24, 2.45) is 5.92 Å². The molecule has 1 rings (SSSR count). The van der Waals surface area contributed by atoms with E-state index < -0.39 is 17.8 Å². The summed E-state index contributed by atoms with van der Waals surface area (Å²) in [4.78, 5) is 11.8. The average Bonchev–Trinajstić information content (AvgIpc) is 2.37. The molecule has 2 amide bonds. The molecule has 0 aliphatic heterocycles. The summed E-state index contributed by atoms with van der Waals surface area (Å²) in [5, 5.41) is 14.1. The Hall–Kier alpha value is -1.76. The minimum Gasteiger partial charge on any atom is -0.396 e. The number of halogens is 3. The van der Waals surface area contributed by atoms with E-state index in [-0.39, 0.29) is 24.3 Å². The molecular formula is C14H19F3N2O2. The Morgan fingerprint density at radius 2 is 1.81 bits per heavy atom. The lowest BCUT2D eigenvalue weighted by Gasteiger charge is -2.21. The maximum absolute atomic E-state index is 12.4. The Bertz CT molecular complexity index is 458. The predicted molar refractivity (Wildman–Crippen MR) is 73.9 cm³/mol. The lowest BCUT2D eigenvalue weighted by atomic mass is 10.0. The van der Waals surface area contributed by atoms with Crippen LogP contribution in [0.4, 0.5) is 23.7 Å². The first kappa shape index (κ1) is 17.3. The molecule has 1 aromatic rings. The smallest absolute Gasteiger partial charge is 0.396 e. The highest BCUT2D eigenvalue weighted by molar-refractivity contribution is 5.89. The van der Waals surface area contributed by atoms with Crippen LogP contribution < -0.4 is 10.6 Å². The first-order valence-electron chi connectivity index (χ1n) is 6.59. The van der Waals surface area contributed by atoms with Crippen LogP contribution in [0.3, 0.4) is 0 Å². The van der Waals surface area contributed by atoms with Gasteiger partial charge in [0.15, 0.2) is 0 Å². The molecule has 0 saturated heterocycles. The summed E-state index contributed by atoms with van der Waals surface area (Å²) in [6.07, 6.45) is -3.98. The highest BCUT2D eigenvalue weighted by atomic mass is 19.4. The summed E-state index contributed by atoms with van der Waals surface area (Å²) in [5.41, 5.74) is -0.499. The number of rotatable bonds is 5. The van der Waals surface area contributed by atoms with Crippen LogP contribution in [0.15, 0.2) is 24.3 Å². The first-order chi connectivity index (χ1) is 9.74. The molecule has 0 bridgehead atoms. The molecule has 4 nitrogen and oxygen atoms in total. The van der Waals surface area contributed by atoms with E-state index in [9.17, 15) is 18.0 Å². The standard InChI is InChI=1S/C14H19F3N2O2/c1-9(2)12(7-8-20)19-13(21)18-11-5-3-10(4-6-11)14(15,16)17/h3-6,9,12,20H,7-8H2,1-2H3,(H2,18,19,21). The molecule has 0 heterocycles. The molecule has 0 saturated carbocycles. The fourth-order valence-electron chi connectivity index (χ4n) is 1.79. The Balaban J connectivity index is 2.62. The van der Waals surface area contributed by atoms with E-state index in [4.69, 9.17) is 5.11 Å². The van der Waals surface area contributed by atoms with Gasteiger partial charge in [0.05, 0.1) is 5.56 Å². The molecule has 118 valence electrons. The summed E-state index contributed by atoms with van der Waals surface area (Å²) in [6.45, 7) is 3.75. The molecule has 0 aliphatic rings. The molecule has 0 aliphatic carbocycles. The van der Waals surface area contributed by atoms with Crippen molar-refractivity contribution in [3.63, 3.8) is 0 Å². The number of carbonyl (C=O) groups is 1. The van der Waals surface area contributed by atoms with E-state index in [0.717, 1.165) is 12.1 Å². The zero-order valence-corrected chi connectivity index (χ0v) is 11.9. The van der Waals surface area contributed by atoms with Crippen LogP contribution in [0.1, 0.15) is 25.8 Å². The molecular weight excluding hydrogens is 285 g/mol. The maximum Gasteiger partial charge on any atom is 0.416 e. The van der Waals surface area contributed by atoms with Gasteiger partial charge in [-0.2, -0.15) is 13.2 Å². The van der Waals surface area contributed by atoms with Crippen molar-refractivity contribution < 1.29 is 23.1 Å². The number of nitrogens with one attached hydrogen (secondary N) is 2. The number of urea groups is 1. The molecule has 1 aromatic carbocycles. The number of carbonyl (C=O) groups excluding carboxylic acids is 1. The van der Waals surface area contributed by atoms with Crippen molar-refractivity contribution in [3.05, 3.63) is 29.8 Å². The van der Waals surface area contributed by atoms with Crippen LogP contribution >= 0.6 is 0 Å². The molecule has 1 unspecified atom stereocenters. The normalized spacial score (nSPS) is 13.1. The van der Waals surface area contributed by atoms with E-state index in [0.29, 0.717) is 6.42 Å². The molecule has 0 spiro atoms. The fraction of sp³-hybridized carbons (Fsp3) is 0.500. The third kappa shape index (κ3) is 5.63. The number of hydrogen-bond acceptors (Lipinski definition) is 2. The van der Waals surface area contributed by atoms with Gasteiger partial charge in [-0.1, -0.05) is 13.8 Å². The van der Waals surface area contributed by atoms with E-state index in [1.54, 1.807) is 0 Å². The van der Waals surface area contributed by atoms with E-state index in [1.807, 2.05) is 13.8 Å². The molecule has 0 fully saturated rings. The topological polar surface area (TPSA) is 61.4 Å². The van der Waals surface area contributed by atoms with Crippen LogP contribution in [0.5, 0.6) is 0 Å². The maximum atomic E-state index is 12.4. The van der Waals surface area contributed by atoms with Gasteiger partial charge in [-0.25, -0.2) is 4.79 Å². The van der Waals surface area contributed by atoms with Crippen molar-refractivity contribution in [2.45, 2.75) is 32.5 Å². The van der Waals surface area contributed by atoms with Gasteiger partial charge in [0, 0.05) is 18.3 Å². The Labute approximate surface area is 121 Å². The summed E-state index contributed by atoms with van der Waals surface area (Å²) < 4.78 is 37.2. The number of aliphatic hydroxyl groups is 1. The quantitative estimate of drug-likeness (QED) is 0.782. The minimum atomic E-state index is -4.40. The van der Waals surface area contributed by atoms with E-state index in [2.05, 4.69) is 10.6 Å². The molecule has 0 radical (unpaired) electrons. The van der Waals surface area contributed by atoms with Crippen molar-refractivity contribution >= 4 is 11.7 Å². The Morgan fingerprint density at radius 1 is 1.24 bits per heavy atom. The van der Waals surface area contributed by atoms with Crippen LogP contribution in [0.2, 0.25) is 0 Å². The lowest BCUT2D eigenvalue weighted by Crippen LogP contribution is -2.41. The van der Waals surface area contributed by atoms with Crippen LogP contribution in [0.25, 0.3) is 0 Å². The van der Waals surface area contributed by atoms with Crippen molar-refractivity contribution in [2.75, 3.05) is 11.9 Å². The molecule has 21 heavy (non-hydrogen) atoms. The second-order valence-electron chi connectivity index (χ2n) is 5.04. The number of hydrogen-bond donors (Lipinski definition) is 3. The van der Waals surface area contributed by atoms with Gasteiger partial charge in [-0.15, -0.1) is 0 Å². The van der Waals surface area contributed by atoms with Crippen LogP contribution in [0, 0.1) is 5.92 Å². The second kappa shape index (κ2) is 7.31. The Kier molecular flexibility index (Phi) is 6.02. The number of aliphatic hydroxyl groups excluding tert-OH is 1. The average molecular weight is 304 g/mol. The SMILES string of the molecule is CC(C)C(CCO)NC(=O)Nc1ccc(C(F)(F)F)cc1. The number of benzene rings is 1. The lowest BCUT2D eigenvalue weighted by molar-refractivity contribution is -0.137. The summed E-state index contributed by atoms with van der Waals surface area (Å²) in [7, 11) is 0. The van der Waals surface area contributed by atoms with Crippen LogP contribution in [-0.4, -0.2) is 23.8 Å². The highest BCUT2D eigenvalue weighted by Crippen LogP contribution is 2.29. The summed E-state index contributed by atoms with van der Waals surface area (Å²) >= 11 is 0. The molecule has 3 N–H and O–H groups in total. The number of amides is 2. The number of alkyl halides is 3. The van der Waals surface area contributed by atoms with Gasteiger partial charge in [0.1, 0.15) is 0 Å².